The van der Waals surface area contributed by atoms with Gasteiger partial charge in [-0.1, -0.05) is 30.3 Å². The van der Waals surface area contributed by atoms with Crippen molar-refractivity contribution < 1.29 is 9.84 Å². The zero-order chi connectivity index (χ0) is 16.1. The average Bonchev–Trinajstić information content (AvgIpc) is 2.60. The molecule has 4 heteroatoms. The number of hydrogen-bond acceptors (Lipinski definition) is 4. The Hall–Kier alpha value is -3.14. The van der Waals surface area contributed by atoms with Gasteiger partial charge in [0, 0.05) is 5.56 Å². The maximum Gasteiger partial charge on any atom is 0.125 e. The van der Waals surface area contributed by atoms with Crippen molar-refractivity contribution in [3.63, 3.8) is 0 Å². The molecular formula is C19H16N2O2. The molecule has 0 saturated heterocycles. The molecule has 1 N–H and O–H groups in total. The van der Waals surface area contributed by atoms with Gasteiger partial charge in [-0.2, -0.15) is 10.2 Å². The summed E-state index contributed by atoms with van der Waals surface area (Å²) in [6.07, 6.45) is 3.22. The SMILES string of the molecule is COc1ccc(/C=N\N=C/c2c(O)ccc3ccccc23)cc1. The van der Waals surface area contributed by atoms with E-state index in [9.17, 15) is 5.11 Å². The van der Waals surface area contributed by atoms with Crippen LogP contribution in [0.5, 0.6) is 11.5 Å². The topological polar surface area (TPSA) is 54.2 Å². The van der Waals surface area contributed by atoms with Gasteiger partial charge in [-0.15, -0.1) is 0 Å². The van der Waals surface area contributed by atoms with Gasteiger partial charge in [0.05, 0.1) is 19.5 Å². The fraction of sp³-hybridized carbons (Fsp3) is 0.0526. The molecule has 23 heavy (non-hydrogen) atoms. The van der Waals surface area contributed by atoms with Gasteiger partial charge in [0.15, 0.2) is 0 Å². The van der Waals surface area contributed by atoms with Gasteiger partial charge in [0.25, 0.3) is 0 Å². The first-order valence-corrected chi connectivity index (χ1v) is 7.19. The first-order valence-electron chi connectivity index (χ1n) is 7.19. The predicted octanol–water partition coefficient (Wildman–Crippen LogP) is 4.01. The van der Waals surface area contributed by atoms with Crippen LogP contribution in [-0.2, 0) is 0 Å². The molecule has 0 aromatic heterocycles. The van der Waals surface area contributed by atoms with Crippen LogP contribution in [0.1, 0.15) is 11.1 Å². The largest absolute Gasteiger partial charge is 0.507 e. The summed E-state index contributed by atoms with van der Waals surface area (Å²) < 4.78 is 5.10. The van der Waals surface area contributed by atoms with Crippen LogP contribution in [0.4, 0.5) is 0 Å². The Morgan fingerprint density at radius 2 is 1.61 bits per heavy atom. The lowest BCUT2D eigenvalue weighted by molar-refractivity contribution is 0.415. The van der Waals surface area contributed by atoms with Crippen molar-refractivity contribution in [1.29, 1.82) is 0 Å². The third kappa shape index (κ3) is 3.37. The number of aromatic hydroxyl groups is 1. The van der Waals surface area contributed by atoms with Gasteiger partial charge in [0.1, 0.15) is 11.5 Å². The number of methoxy groups -OCH3 is 1. The lowest BCUT2D eigenvalue weighted by atomic mass is 10.0. The van der Waals surface area contributed by atoms with Gasteiger partial charge in [0.2, 0.25) is 0 Å². The van der Waals surface area contributed by atoms with E-state index >= 15 is 0 Å². The summed E-state index contributed by atoms with van der Waals surface area (Å²) in [5.74, 6) is 0.985. The van der Waals surface area contributed by atoms with Gasteiger partial charge in [-0.3, -0.25) is 0 Å². The second-order valence-corrected chi connectivity index (χ2v) is 4.98. The number of nitrogens with zero attached hydrogens (tertiary/aromatic N) is 2. The summed E-state index contributed by atoms with van der Waals surface area (Å²) in [6, 6.07) is 18.9. The highest BCUT2D eigenvalue weighted by Crippen LogP contribution is 2.25. The molecule has 0 radical (unpaired) electrons. The minimum atomic E-state index is 0.187. The molecule has 0 aliphatic rings. The predicted molar refractivity (Wildman–Crippen MR) is 93.8 cm³/mol. The van der Waals surface area contributed by atoms with E-state index in [1.54, 1.807) is 25.6 Å². The Bertz CT molecular complexity index is 868. The molecule has 0 aliphatic heterocycles. The van der Waals surface area contributed by atoms with Gasteiger partial charge in [-0.05, 0) is 46.7 Å². The van der Waals surface area contributed by atoms with Crippen molar-refractivity contribution in [2.24, 2.45) is 10.2 Å². The Kier molecular flexibility index (Phi) is 4.34. The monoisotopic (exact) mass is 304 g/mol. The molecule has 0 bridgehead atoms. The molecule has 0 heterocycles. The van der Waals surface area contributed by atoms with E-state index in [1.807, 2.05) is 54.6 Å². The molecule has 3 aromatic carbocycles. The van der Waals surface area contributed by atoms with Crippen molar-refractivity contribution in [2.45, 2.75) is 0 Å². The molecule has 0 saturated carbocycles. The second-order valence-electron chi connectivity index (χ2n) is 4.98. The van der Waals surface area contributed by atoms with Crippen molar-refractivity contribution in [3.8, 4) is 11.5 Å². The van der Waals surface area contributed by atoms with Crippen molar-refractivity contribution in [1.82, 2.24) is 0 Å². The van der Waals surface area contributed by atoms with Crippen LogP contribution in [0.25, 0.3) is 10.8 Å². The molecule has 4 nitrogen and oxygen atoms in total. The van der Waals surface area contributed by atoms with Crippen LogP contribution in [0.15, 0.2) is 70.9 Å². The lowest BCUT2D eigenvalue weighted by Crippen LogP contribution is -1.86. The van der Waals surface area contributed by atoms with Gasteiger partial charge < -0.3 is 9.84 Å². The molecule has 0 unspecified atom stereocenters. The van der Waals surface area contributed by atoms with Crippen molar-refractivity contribution in [2.75, 3.05) is 7.11 Å². The number of ether oxygens (including phenoxy) is 1. The number of hydrogen-bond donors (Lipinski definition) is 1. The van der Waals surface area contributed by atoms with E-state index in [0.717, 1.165) is 22.1 Å². The molecule has 3 aromatic rings. The Morgan fingerprint density at radius 1 is 0.870 bits per heavy atom. The zero-order valence-corrected chi connectivity index (χ0v) is 12.7. The summed E-state index contributed by atoms with van der Waals surface area (Å²) in [6.45, 7) is 0. The number of phenolic OH excluding ortho intramolecular Hbond substituents is 1. The van der Waals surface area contributed by atoms with Crippen LogP contribution >= 0.6 is 0 Å². The van der Waals surface area contributed by atoms with Gasteiger partial charge >= 0.3 is 0 Å². The van der Waals surface area contributed by atoms with Crippen molar-refractivity contribution in [3.05, 3.63) is 71.8 Å². The van der Waals surface area contributed by atoms with Crippen LogP contribution in [0.3, 0.4) is 0 Å². The third-order valence-corrected chi connectivity index (χ3v) is 3.52. The molecule has 0 aliphatic carbocycles. The highest BCUT2D eigenvalue weighted by molar-refractivity contribution is 6.02. The van der Waals surface area contributed by atoms with E-state index in [0.29, 0.717) is 5.56 Å². The molecular weight excluding hydrogens is 288 g/mol. The lowest BCUT2D eigenvalue weighted by Gasteiger charge is -2.03. The highest BCUT2D eigenvalue weighted by atomic mass is 16.5. The minimum Gasteiger partial charge on any atom is -0.507 e. The normalized spacial score (nSPS) is 11.5. The average molecular weight is 304 g/mol. The number of rotatable bonds is 4. The molecule has 0 atom stereocenters. The van der Waals surface area contributed by atoms with E-state index in [4.69, 9.17) is 4.74 Å². The summed E-state index contributed by atoms with van der Waals surface area (Å²) in [5.41, 5.74) is 1.58. The Morgan fingerprint density at radius 3 is 2.39 bits per heavy atom. The number of fused-ring (bicyclic) bond motifs is 1. The molecule has 0 fully saturated rings. The van der Waals surface area contributed by atoms with Crippen LogP contribution < -0.4 is 4.74 Å². The zero-order valence-electron chi connectivity index (χ0n) is 12.7. The molecule has 3 rings (SSSR count). The summed E-state index contributed by atoms with van der Waals surface area (Å²) in [4.78, 5) is 0. The third-order valence-electron chi connectivity index (χ3n) is 3.52. The van der Waals surface area contributed by atoms with Crippen LogP contribution in [-0.4, -0.2) is 24.6 Å². The first kappa shape index (κ1) is 14.8. The molecule has 0 amide bonds. The maximum atomic E-state index is 10.0. The highest BCUT2D eigenvalue weighted by Gasteiger charge is 2.03. The molecule has 114 valence electrons. The van der Waals surface area contributed by atoms with E-state index in [1.165, 1.54) is 0 Å². The van der Waals surface area contributed by atoms with Crippen LogP contribution in [0, 0.1) is 0 Å². The van der Waals surface area contributed by atoms with E-state index in [-0.39, 0.29) is 5.75 Å². The number of phenols is 1. The molecule has 0 spiro atoms. The van der Waals surface area contributed by atoms with Crippen LogP contribution in [0.2, 0.25) is 0 Å². The fourth-order valence-corrected chi connectivity index (χ4v) is 2.30. The Balaban J connectivity index is 1.82. The van der Waals surface area contributed by atoms with Gasteiger partial charge in [-0.25, -0.2) is 0 Å². The maximum absolute atomic E-state index is 10.0. The smallest absolute Gasteiger partial charge is 0.125 e. The fourth-order valence-electron chi connectivity index (χ4n) is 2.30. The minimum absolute atomic E-state index is 0.187. The van der Waals surface area contributed by atoms with E-state index in [2.05, 4.69) is 10.2 Å². The number of benzene rings is 3. The summed E-state index contributed by atoms with van der Waals surface area (Å²) in [7, 11) is 1.63. The standard InChI is InChI=1S/C19H16N2O2/c1-23-16-9-6-14(7-10-16)12-20-21-13-18-17-5-3-2-4-15(17)8-11-19(18)22/h2-13,22H,1H3/b20-12-,21-13-. The summed E-state index contributed by atoms with van der Waals surface area (Å²) >= 11 is 0. The van der Waals surface area contributed by atoms with E-state index < -0.39 is 0 Å². The quantitative estimate of drug-likeness (QED) is 0.585. The summed E-state index contributed by atoms with van der Waals surface area (Å²) in [5, 5.41) is 20.1. The van der Waals surface area contributed by atoms with Crippen molar-refractivity contribution >= 4 is 23.2 Å². The Labute approximate surface area is 134 Å². The first-order chi connectivity index (χ1) is 11.3. The second kappa shape index (κ2) is 6.75.